The molecule has 4 unspecified atom stereocenters. The van der Waals surface area contributed by atoms with Crippen molar-refractivity contribution in [3.63, 3.8) is 0 Å². The molecule has 0 saturated carbocycles. The van der Waals surface area contributed by atoms with Gasteiger partial charge in [0.2, 0.25) is 0 Å². The largest absolute Gasteiger partial charge is 0.396 e. The first-order chi connectivity index (χ1) is 7.02. The molecule has 0 aliphatic heterocycles. The Morgan fingerprint density at radius 3 is 1.40 bits per heavy atom. The second kappa shape index (κ2) is 8.08. The minimum absolute atomic E-state index is 0.160. The summed E-state index contributed by atoms with van der Waals surface area (Å²) in [5.41, 5.74) is 0. The van der Waals surface area contributed by atoms with E-state index in [1.807, 2.05) is 13.8 Å². The number of rotatable bonds is 8. The second-order valence-corrected chi connectivity index (χ2v) is 4.53. The third kappa shape index (κ3) is 6.13. The maximum Gasteiger partial charge on any atom is 0.0577 e. The Hall–Kier alpha value is -0.120. The Balaban J connectivity index is 3.88. The maximum absolute atomic E-state index is 8.82. The van der Waals surface area contributed by atoms with Gasteiger partial charge < -0.3 is 14.9 Å². The smallest absolute Gasteiger partial charge is 0.0577 e. The van der Waals surface area contributed by atoms with Crippen molar-refractivity contribution in [1.29, 1.82) is 0 Å². The zero-order valence-electron chi connectivity index (χ0n) is 10.4. The topological polar surface area (TPSA) is 49.7 Å². The lowest BCUT2D eigenvalue weighted by molar-refractivity contribution is -0.0509. The Labute approximate surface area is 93.5 Å². The standard InChI is InChI=1S/C12H26O3/c1-9(5-7-13)11(3)15-12(4)10(2)6-8-14/h9-14H,5-8H2,1-4H3. The van der Waals surface area contributed by atoms with E-state index in [-0.39, 0.29) is 25.4 Å². The summed E-state index contributed by atoms with van der Waals surface area (Å²) in [7, 11) is 0. The maximum atomic E-state index is 8.82. The summed E-state index contributed by atoms with van der Waals surface area (Å²) < 4.78 is 5.86. The first kappa shape index (κ1) is 14.9. The van der Waals surface area contributed by atoms with E-state index >= 15 is 0 Å². The van der Waals surface area contributed by atoms with Crippen molar-refractivity contribution < 1.29 is 14.9 Å². The van der Waals surface area contributed by atoms with E-state index in [9.17, 15) is 0 Å². The van der Waals surface area contributed by atoms with Crippen molar-refractivity contribution in [2.24, 2.45) is 11.8 Å². The lowest BCUT2D eigenvalue weighted by Crippen LogP contribution is -2.28. The summed E-state index contributed by atoms with van der Waals surface area (Å²) in [5, 5.41) is 17.6. The predicted octanol–water partition coefficient (Wildman–Crippen LogP) is 1.82. The zero-order valence-corrected chi connectivity index (χ0v) is 10.4. The highest BCUT2D eigenvalue weighted by Crippen LogP contribution is 2.18. The van der Waals surface area contributed by atoms with Crippen LogP contribution < -0.4 is 0 Å². The minimum atomic E-state index is 0.160. The molecule has 0 aromatic rings. The van der Waals surface area contributed by atoms with Crippen LogP contribution in [0.2, 0.25) is 0 Å². The van der Waals surface area contributed by atoms with Gasteiger partial charge in [-0.05, 0) is 38.5 Å². The summed E-state index contributed by atoms with van der Waals surface area (Å²) >= 11 is 0. The van der Waals surface area contributed by atoms with E-state index in [1.165, 1.54) is 0 Å². The first-order valence-electron chi connectivity index (χ1n) is 5.90. The molecule has 0 aliphatic carbocycles. The summed E-state index contributed by atoms with van der Waals surface area (Å²) in [6.45, 7) is 8.70. The van der Waals surface area contributed by atoms with Gasteiger partial charge in [0.15, 0.2) is 0 Å². The third-order valence-electron chi connectivity index (χ3n) is 3.20. The Kier molecular flexibility index (Phi) is 8.02. The van der Waals surface area contributed by atoms with E-state index in [0.717, 1.165) is 12.8 Å². The molecule has 4 atom stereocenters. The lowest BCUT2D eigenvalue weighted by Gasteiger charge is -2.27. The number of aliphatic hydroxyl groups excluding tert-OH is 2. The molecule has 15 heavy (non-hydrogen) atoms. The quantitative estimate of drug-likeness (QED) is 0.653. The van der Waals surface area contributed by atoms with Gasteiger partial charge in [0, 0.05) is 13.2 Å². The molecule has 0 aliphatic rings. The van der Waals surface area contributed by atoms with Crippen LogP contribution in [0.1, 0.15) is 40.5 Å². The van der Waals surface area contributed by atoms with Crippen LogP contribution in [0.4, 0.5) is 0 Å². The van der Waals surface area contributed by atoms with E-state index in [2.05, 4.69) is 13.8 Å². The van der Waals surface area contributed by atoms with Crippen LogP contribution in [-0.2, 0) is 4.74 Å². The zero-order chi connectivity index (χ0) is 11.8. The second-order valence-electron chi connectivity index (χ2n) is 4.53. The monoisotopic (exact) mass is 218 g/mol. The molecule has 0 aromatic carbocycles. The van der Waals surface area contributed by atoms with Crippen LogP contribution >= 0.6 is 0 Å². The average Bonchev–Trinajstić information content (AvgIpc) is 2.18. The molecule has 3 nitrogen and oxygen atoms in total. The van der Waals surface area contributed by atoms with Gasteiger partial charge in [-0.25, -0.2) is 0 Å². The molecule has 0 bridgehead atoms. The van der Waals surface area contributed by atoms with Gasteiger partial charge in [-0.1, -0.05) is 13.8 Å². The number of ether oxygens (including phenoxy) is 1. The summed E-state index contributed by atoms with van der Waals surface area (Å²) in [4.78, 5) is 0. The molecule has 0 heterocycles. The molecule has 92 valence electrons. The van der Waals surface area contributed by atoms with Gasteiger partial charge in [0.05, 0.1) is 12.2 Å². The number of hydrogen-bond donors (Lipinski definition) is 2. The van der Waals surface area contributed by atoms with Gasteiger partial charge >= 0.3 is 0 Å². The van der Waals surface area contributed by atoms with Crippen molar-refractivity contribution >= 4 is 0 Å². The average molecular weight is 218 g/mol. The molecule has 0 fully saturated rings. The molecule has 0 saturated heterocycles. The molecule has 3 heteroatoms. The van der Waals surface area contributed by atoms with E-state index < -0.39 is 0 Å². The van der Waals surface area contributed by atoms with Gasteiger partial charge in [0.1, 0.15) is 0 Å². The molecular weight excluding hydrogens is 192 g/mol. The van der Waals surface area contributed by atoms with Gasteiger partial charge in [0.25, 0.3) is 0 Å². The van der Waals surface area contributed by atoms with Gasteiger partial charge in [-0.3, -0.25) is 0 Å². The molecule has 0 rings (SSSR count). The van der Waals surface area contributed by atoms with Crippen LogP contribution in [0.5, 0.6) is 0 Å². The molecule has 0 radical (unpaired) electrons. The van der Waals surface area contributed by atoms with E-state index in [1.54, 1.807) is 0 Å². The number of hydrogen-bond acceptors (Lipinski definition) is 3. The van der Waals surface area contributed by atoms with Crippen LogP contribution in [0.3, 0.4) is 0 Å². The first-order valence-corrected chi connectivity index (χ1v) is 5.90. The van der Waals surface area contributed by atoms with Gasteiger partial charge in [-0.15, -0.1) is 0 Å². The molecule has 0 amide bonds. The Bertz CT molecular complexity index is 134. The number of aliphatic hydroxyl groups is 2. The summed E-state index contributed by atoms with van der Waals surface area (Å²) in [6.07, 6.45) is 1.88. The summed E-state index contributed by atoms with van der Waals surface area (Å²) in [5.74, 6) is 0.748. The van der Waals surface area contributed by atoms with Crippen LogP contribution in [-0.4, -0.2) is 35.6 Å². The van der Waals surface area contributed by atoms with Crippen molar-refractivity contribution in [3.05, 3.63) is 0 Å². The SMILES string of the molecule is CC(CCO)C(C)OC(C)C(C)CCO. The van der Waals surface area contributed by atoms with Crippen LogP contribution in [0, 0.1) is 11.8 Å². The lowest BCUT2D eigenvalue weighted by atomic mass is 10.00. The molecule has 0 spiro atoms. The van der Waals surface area contributed by atoms with Crippen molar-refractivity contribution in [3.8, 4) is 0 Å². The fourth-order valence-electron chi connectivity index (χ4n) is 1.48. The highest BCUT2D eigenvalue weighted by molar-refractivity contribution is 4.66. The normalized spacial score (nSPS) is 19.6. The van der Waals surface area contributed by atoms with Crippen LogP contribution in [0.25, 0.3) is 0 Å². The van der Waals surface area contributed by atoms with E-state index in [0.29, 0.717) is 11.8 Å². The minimum Gasteiger partial charge on any atom is -0.396 e. The predicted molar refractivity (Wildman–Crippen MR) is 61.7 cm³/mol. The molecule has 0 aromatic heterocycles. The molecular formula is C12H26O3. The Morgan fingerprint density at radius 2 is 1.13 bits per heavy atom. The fraction of sp³-hybridized carbons (Fsp3) is 1.00. The molecule has 2 N–H and O–H groups in total. The van der Waals surface area contributed by atoms with Crippen LogP contribution in [0.15, 0.2) is 0 Å². The highest BCUT2D eigenvalue weighted by Gasteiger charge is 2.19. The highest BCUT2D eigenvalue weighted by atomic mass is 16.5. The van der Waals surface area contributed by atoms with Crippen molar-refractivity contribution in [2.75, 3.05) is 13.2 Å². The van der Waals surface area contributed by atoms with Gasteiger partial charge in [-0.2, -0.15) is 0 Å². The fourth-order valence-corrected chi connectivity index (χ4v) is 1.48. The third-order valence-corrected chi connectivity index (χ3v) is 3.20. The van der Waals surface area contributed by atoms with Crippen molar-refractivity contribution in [1.82, 2.24) is 0 Å². The van der Waals surface area contributed by atoms with E-state index in [4.69, 9.17) is 14.9 Å². The summed E-state index contributed by atoms with van der Waals surface area (Å²) in [6, 6.07) is 0. The Morgan fingerprint density at radius 1 is 0.800 bits per heavy atom. The van der Waals surface area contributed by atoms with Crippen molar-refractivity contribution in [2.45, 2.75) is 52.7 Å².